The molecule has 0 aromatic heterocycles. The first kappa shape index (κ1) is 21.0. The van der Waals surface area contributed by atoms with Crippen molar-refractivity contribution in [3.8, 4) is 5.75 Å². The second kappa shape index (κ2) is 7.77. The van der Waals surface area contributed by atoms with E-state index in [4.69, 9.17) is 16.3 Å². The molecule has 4 nitrogen and oxygen atoms in total. The van der Waals surface area contributed by atoms with Gasteiger partial charge < -0.3 is 9.84 Å². The van der Waals surface area contributed by atoms with Crippen LogP contribution in [-0.4, -0.2) is 31.3 Å². The van der Waals surface area contributed by atoms with Gasteiger partial charge in [-0.15, -0.1) is 0 Å². The lowest BCUT2D eigenvalue weighted by molar-refractivity contribution is 0.0557. The summed E-state index contributed by atoms with van der Waals surface area (Å²) in [6.45, 7) is 3.73. The van der Waals surface area contributed by atoms with E-state index in [0.717, 1.165) is 18.4 Å². The van der Waals surface area contributed by atoms with Crippen molar-refractivity contribution < 1.29 is 27.0 Å². The van der Waals surface area contributed by atoms with Gasteiger partial charge >= 0.3 is 0 Å². The number of halogens is 3. The number of aliphatic hydroxyl groups is 1. The van der Waals surface area contributed by atoms with Crippen LogP contribution in [0.2, 0.25) is 5.02 Å². The fourth-order valence-electron chi connectivity index (χ4n) is 2.34. The lowest BCUT2D eigenvalue weighted by atomic mass is 10.0. The van der Waals surface area contributed by atoms with Crippen LogP contribution in [0.1, 0.15) is 12.8 Å². The third-order valence-electron chi connectivity index (χ3n) is 3.74. The lowest BCUT2D eigenvalue weighted by Crippen LogP contribution is -2.33. The highest BCUT2D eigenvalue weighted by molar-refractivity contribution is 7.94. The predicted octanol–water partition coefficient (Wildman–Crippen LogP) is 3.92. The van der Waals surface area contributed by atoms with Gasteiger partial charge in [-0.05, 0) is 29.9 Å². The van der Waals surface area contributed by atoms with Crippen molar-refractivity contribution in [2.75, 3.05) is 6.26 Å². The monoisotopic (exact) mass is 422 g/mol. The molecule has 26 heavy (non-hydrogen) atoms. The van der Waals surface area contributed by atoms with Crippen LogP contribution < -0.4 is 4.74 Å². The second-order valence-electron chi connectivity index (χ2n) is 6.07. The smallest absolute Gasteiger partial charge is 0.171 e. The van der Waals surface area contributed by atoms with Gasteiger partial charge in [0.15, 0.2) is 15.2 Å². The maximum absolute atomic E-state index is 14.8. The Morgan fingerprint density at radius 1 is 1.38 bits per heavy atom. The molecule has 0 heterocycles. The van der Waals surface area contributed by atoms with Gasteiger partial charge in [0.1, 0.15) is 17.3 Å². The summed E-state index contributed by atoms with van der Waals surface area (Å²) in [7, 11) is -1.80. The Balaban J connectivity index is 2.49. The number of benzene rings is 1. The Kier molecular flexibility index (Phi) is 6.28. The summed E-state index contributed by atoms with van der Waals surface area (Å²) in [4.78, 5) is -0.164. The molecule has 0 spiro atoms. The molecule has 1 aliphatic carbocycles. The van der Waals surface area contributed by atoms with Gasteiger partial charge in [0.05, 0.1) is 6.10 Å². The predicted molar refractivity (Wildman–Crippen MR) is 101 cm³/mol. The molecule has 0 aliphatic heterocycles. The van der Waals surface area contributed by atoms with E-state index in [-0.39, 0.29) is 33.4 Å². The minimum absolute atomic E-state index is 0.0337. The highest BCUT2D eigenvalue weighted by Gasteiger charge is 2.37. The highest BCUT2D eigenvalue weighted by Crippen LogP contribution is 2.38. The normalized spacial score (nSPS) is 28.8. The maximum atomic E-state index is 14.8. The fraction of sp³-hybridized carbons (Fsp3) is 0.294. The van der Waals surface area contributed by atoms with Crippen LogP contribution in [-0.2, 0) is 9.84 Å². The number of hydrogen-bond acceptors (Lipinski definition) is 4. The summed E-state index contributed by atoms with van der Waals surface area (Å²) in [5, 5.41) is 7.98. The van der Waals surface area contributed by atoms with Crippen LogP contribution in [0.5, 0.6) is 5.75 Å². The topological polar surface area (TPSA) is 63.6 Å². The van der Waals surface area contributed by atoms with E-state index in [1.54, 1.807) is 0 Å². The van der Waals surface area contributed by atoms with E-state index in [9.17, 15) is 22.3 Å². The van der Waals surface area contributed by atoms with Crippen LogP contribution in [0.3, 0.4) is 0 Å². The third-order valence-corrected chi connectivity index (χ3v) is 5.80. The number of alkyl halides is 1. The summed E-state index contributed by atoms with van der Waals surface area (Å²) >= 11 is 5.79. The minimum atomic E-state index is -3.68. The molecular weight excluding hydrogens is 405 g/mol. The zero-order valence-corrected chi connectivity index (χ0v) is 16.6. The van der Waals surface area contributed by atoms with Gasteiger partial charge in [-0.1, -0.05) is 27.4 Å². The molecular formula is C17H18ClF2O4PS. The Hall–Kier alpha value is -1.27. The van der Waals surface area contributed by atoms with E-state index in [2.05, 4.69) is 6.58 Å². The first-order chi connectivity index (χ1) is 11.9. The van der Waals surface area contributed by atoms with Crippen LogP contribution in [0, 0.1) is 5.82 Å². The minimum Gasteiger partial charge on any atom is -0.457 e. The molecule has 3 atom stereocenters. The first-order valence-corrected chi connectivity index (χ1v) is 10.3. The summed E-state index contributed by atoms with van der Waals surface area (Å²) in [6, 6.07) is 3.52. The van der Waals surface area contributed by atoms with Gasteiger partial charge in [-0.2, -0.15) is 0 Å². The molecule has 0 radical (unpaired) electrons. The van der Waals surface area contributed by atoms with Gasteiger partial charge in [0.25, 0.3) is 0 Å². The van der Waals surface area contributed by atoms with Crippen molar-refractivity contribution in [2.24, 2.45) is 0 Å². The van der Waals surface area contributed by atoms with Crippen LogP contribution in [0.25, 0.3) is 0 Å². The van der Waals surface area contributed by atoms with Crippen molar-refractivity contribution in [2.45, 2.75) is 24.4 Å². The van der Waals surface area contributed by atoms with Crippen molar-refractivity contribution in [1.82, 2.24) is 0 Å². The van der Waals surface area contributed by atoms with Crippen molar-refractivity contribution in [1.29, 1.82) is 0 Å². The number of ether oxygens (including phenoxy) is 1. The number of sulfone groups is 1. The molecule has 0 saturated heterocycles. The number of hydrogen-bond donors (Lipinski definition) is 1. The van der Waals surface area contributed by atoms with E-state index in [1.807, 2.05) is 9.24 Å². The lowest BCUT2D eigenvalue weighted by Gasteiger charge is -2.27. The summed E-state index contributed by atoms with van der Waals surface area (Å²) in [5.41, 5.74) is 0.160. The van der Waals surface area contributed by atoms with Crippen LogP contribution >= 0.6 is 20.8 Å². The molecule has 9 heteroatoms. The summed E-state index contributed by atoms with van der Waals surface area (Å²) in [5.74, 6) is -0.549. The molecule has 0 saturated carbocycles. The van der Waals surface area contributed by atoms with E-state index < -0.39 is 33.6 Å². The first-order valence-electron chi connectivity index (χ1n) is 7.47. The second-order valence-corrected chi connectivity index (χ2v) is 9.54. The quantitative estimate of drug-likeness (QED) is 0.750. The molecule has 0 fully saturated rings. The van der Waals surface area contributed by atoms with E-state index >= 15 is 0 Å². The Morgan fingerprint density at radius 3 is 2.62 bits per heavy atom. The van der Waals surface area contributed by atoms with Gasteiger partial charge in [0, 0.05) is 35.1 Å². The highest BCUT2D eigenvalue weighted by atomic mass is 35.5. The number of rotatable bonds is 3. The Bertz CT molecular complexity index is 874. The average molecular weight is 423 g/mol. The molecule has 1 aromatic rings. The van der Waals surface area contributed by atoms with Gasteiger partial charge in [-0.3, -0.25) is 0 Å². The van der Waals surface area contributed by atoms with Crippen molar-refractivity contribution in [3.05, 3.63) is 64.0 Å². The number of allylic oxidation sites excluding steroid dienone is 3. The van der Waals surface area contributed by atoms with Crippen LogP contribution in [0.4, 0.5) is 8.78 Å². The molecule has 0 bridgehead atoms. The molecule has 2 rings (SSSR count). The molecule has 1 N–H and O–H groups in total. The maximum Gasteiger partial charge on any atom is 0.171 e. The standard InChI is InChI=1S/C17H18ClF2O4PS/c1-10-9-17(20,25)16(21)8-14(26(2,22)23)3-4-15(10)24-13-6-11(18)5-12(19)7-13/h3-7,16,21H,1,8-9,25H2,2H3/b14-3+,15-4+/t16-,17?/m0/s1. The molecule has 142 valence electrons. The summed E-state index contributed by atoms with van der Waals surface area (Å²) in [6.07, 6.45) is 1.16. The number of aliphatic hydroxyl groups excluding tert-OH is 1. The zero-order chi connectivity index (χ0) is 19.7. The van der Waals surface area contributed by atoms with Gasteiger partial charge in [-0.25, -0.2) is 17.2 Å². The average Bonchev–Trinajstić information content (AvgIpc) is 2.49. The third kappa shape index (κ3) is 5.36. The Morgan fingerprint density at radius 2 is 2.04 bits per heavy atom. The Labute approximate surface area is 158 Å². The fourth-order valence-corrected chi connectivity index (χ4v) is 3.69. The SMILES string of the molecule is C=C1CC(F)(P)[C@@H](O)C/C(S(C)(=O)=O)=C\C=C/1Oc1cc(F)cc(Cl)c1. The van der Waals surface area contributed by atoms with Crippen LogP contribution in [0.15, 0.2) is 53.2 Å². The molecule has 0 amide bonds. The van der Waals surface area contributed by atoms with E-state index in [0.29, 0.717) is 0 Å². The van der Waals surface area contributed by atoms with Gasteiger partial charge in [0.2, 0.25) is 0 Å². The van der Waals surface area contributed by atoms with Crippen molar-refractivity contribution >= 4 is 30.7 Å². The largest absolute Gasteiger partial charge is 0.457 e. The zero-order valence-electron chi connectivity index (χ0n) is 13.9. The summed E-state index contributed by atoms with van der Waals surface area (Å²) < 4.78 is 57.6. The molecule has 2 unspecified atom stereocenters. The van der Waals surface area contributed by atoms with E-state index in [1.165, 1.54) is 18.2 Å². The molecule has 1 aromatic carbocycles. The molecule has 1 aliphatic rings. The van der Waals surface area contributed by atoms with Crippen molar-refractivity contribution in [3.63, 3.8) is 0 Å².